The lowest BCUT2D eigenvalue weighted by Gasteiger charge is -2.08. The zero-order valence-electron chi connectivity index (χ0n) is 10.1. The van der Waals surface area contributed by atoms with Gasteiger partial charge in [0.15, 0.2) is 9.84 Å². The zero-order chi connectivity index (χ0) is 13.5. The molecule has 19 heavy (non-hydrogen) atoms. The van der Waals surface area contributed by atoms with Crippen LogP contribution in [0.3, 0.4) is 0 Å². The Hall–Kier alpha value is -1.30. The van der Waals surface area contributed by atoms with Gasteiger partial charge >= 0.3 is 0 Å². The fraction of sp³-hybridized carbons (Fsp3) is 0.231. The van der Waals surface area contributed by atoms with Gasteiger partial charge in [0.2, 0.25) is 0 Å². The smallest absolute Gasteiger partial charge is 0.173 e. The first-order valence-corrected chi connectivity index (χ1v) is 8.03. The number of rotatable bonds is 3. The summed E-state index contributed by atoms with van der Waals surface area (Å²) in [6.45, 7) is 0.617. The molecule has 0 bridgehead atoms. The molecule has 1 aromatic heterocycles. The third-order valence-electron chi connectivity index (χ3n) is 3.21. The lowest BCUT2D eigenvalue weighted by molar-refractivity contribution is 0.591. The molecule has 4 nitrogen and oxygen atoms in total. The Morgan fingerprint density at radius 2 is 2.26 bits per heavy atom. The molecule has 0 fully saturated rings. The molecule has 0 spiro atoms. The van der Waals surface area contributed by atoms with Crippen LogP contribution < -0.4 is 5.32 Å². The summed E-state index contributed by atoms with van der Waals surface area (Å²) in [6.07, 6.45) is 3.61. The number of nitrogens with one attached hydrogen (secondary N) is 2. The lowest BCUT2D eigenvalue weighted by atomic mass is 10.1. The van der Waals surface area contributed by atoms with Gasteiger partial charge < -0.3 is 10.3 Å². The van der Waals surface area contributed by atoms with Gasteiger partial charge in [-0.25, -0.2) is 8.42 Å². The van der Waals surface area contributed by atoms with E-state index in [-0.39, 0.29) is 11.8 Å². The highest BCUT2D eigenvalue weighted by atomic mass is 35.5. The van der Waals surface area contributed by atoms with Crippen LogP contribution in [0.5, 0.6) is 0 Å². The minimum Gasteiger partial charge on any atom is -0.361 e. The number of aromatic amines is 1. The van der Waals surface area contributed by atoms with Crippen molar-refractivity contribution in [3.8, 4) is 0 Å². The predicted octanol–water partition coefficient (Wildman–Crippen LogP) is 2.22. The number of benzene rings is 1. The van der Waals surface area contributed by atoms with Crippen molar-refractivity contribution in [2.24, 2.45) is 0 Å². The Balaban J connectivity index is 1.74. The van der Waals surface area contributed by atoms with E-state index in [2.05, 4.69) is 10.3 Å². The number of fused-ring (bicyclic) bond motifs is 1. The number of aromatic nitrogens is 1. The largest absolute Gasteiger partial charge is 0.361 e. The normalized spacial score (nSPS) is 21.2. The fourth-order valence-corrected chi connectivity index (χ4v) is 3.69. The van der Waals surface area contributed by atoms with Crippen molar-refractivity contribution in [3.05, 3.63) is 46.5 Å². The molecule has 0 aliphatic carbocycles. The van der Waals surface area contributed by atoms with Crippen LogP contribution in [0.15, 0.2) is 35.9 Å². The molecule has 2 N–H and O–H groups in total. The molecule has 0 radical (unpaired) electrons. The molecule has 6 heteroatoms. The highest BCUT2D eigenvalue weighted by molar-refractivity contribution is 7.94. The van der Waals surface area contributed by atoms with Crippen LogP contribution in [0.1, 0.15) is 5.56 Å². The van der Waals surface area contributed by atoms with Crippen LogP contribution in [0, 0.1) is 0 Å². The van der Waals surface area contributed by atoms with Crippen molar-refractivity contribution in [2.45, 2.75) is 12.6 Å². The standard InChI is InChI=1S/C13H13ClN2O2S/c14-10-1-2-12-9(7-16-13(12)5-10)6-15-11-3-4-19(17,18)8-11/h1-5,7,11,15-16H,6,8H2. The summed E-state index contributed by atoms with van der Waals surface area (Å²) in [6, 6.07) is 5.58. The van der Waals surface area contributed by atoms with E-state index in [0.29, 0.717) is 11.6 Å². The van der Waals surface area contributed by atoms with Gasteiger partial charge in [0.25, 0.3) is 0 Å². The van der Waals surface area contributed by atoms with Crippen molar-refractivity contribution >= 4 is 32.3 Å². The van der Waals surface area contributed by atoms with Crippen LogP contribution >= 0.6 is 11.6 Å². The fourth-order valence-electron chi connectivity index (χ4n) is 2.25. The quantitative estimate of drug-likeness (QED) is 0.913. The van der Waals surface area contributed by atoms with Gasteiger partial charge in [-0.3, -0.25) is 0 Å². The topological polar surface area (TPSA) is 62.0 Å². The second kappa shape index (κ2) is 4.67. The summed E-state index contributed by atoms with van der Waals surface area (Å²) >= 11 is 5.93. The molecular formula is C13H13ClN2O2S. The van der Waals surface area contributed by atoms with E-state index in [1.807, 2.05) is 24.4 Å². The number of halogens is 1. The van der Waals surface area contributed by atoms with Gasteiger partial charge in [-0.15, -0.1) is 0 Å². The average molecular weight is 297 g/mol. The second-order valence-electron chi connectivity index (χ2n) is 4.65. The van der Waals surface area contributed by atoms with Gasteiger partial charge in [0, 0.05) is 40.1 Å². The van der Waals surface area contributed by atoms with E-state index in [1.165, 1.54) is 5.41 Å². The Morgan fingerprint density at radius 3 is 3.00 bits per heavy atom. The number of hydrogen-bond acceptors (Lipinski definition) is 3. The van der Waals surface area contributed by atoms with E-state index in [4.69, 9.17) is 11.6 Å². The van der Waals surface area contributed by atoms with E-state index in [1.54, 1.807) is 6.08 Å². The molecule has 0 amide bonds. The Morgan fingerprint density at radius 1 is 1.42 bits per heavy atom. The summed E-state index contributed by atoms with van der Waals surface area (Å²) in [5.41, 5.74) is 2.09. The van der Waals surface area contributed by atoms with Crippen molar-refractivity contribution < 1.29 is 8.42 Å². The summed E-state index contributed by atoms with van der Waals surface area (Å²) in [7, 11) is -3.00. The SMILES string of the molecule is O=S1(=O)C=CC(NCc2c[nH]c3cc(Cl)ccc23)C1. The molecule has 0 saturated heterocycles. The van der Waals surface area contributed by atoms with Gasteiger partial charge in [-0.1, -0.05) is 23.7 Å². The zero-order valence-corrected chi connectivity index (χ0v) is 11.6. The van der Waals surface area contributed by atoms with Crippen LogP contribution in [0.4, 0.5) is 0 Å². The molecular weight excluding hydrogens is 284 g/mol. The molecule has 1 aliphatic rings. The molecule has 2 aromatic rings. The van der Waals surface area contributed by atoms with Crippen LogP contribution in [-0.2, 0) is 16.4 Å². The Labute approximate surface area is 116 Å². The highest BCUT2D eigenvalue weighted by Crippen LogP contribution is 2.22. The monoisotopic (exact) mass is 296 g/mol. The lowest BCUT2D eigenvalue weighted by Crippen LogP contribution is -2.29. The summed E-state index contributed by atoms with van der Waals surface area (Å²) < 4.78 is 22.6. The highest BCUT2D eigenvalue weighted by Gasteiger charge is 2.21. The van der Waals surface area contributed by atoms with E-state index in [9.17, 15) is 8.42 Å². The molecule has 1 atom stereocenters. The van der Waals surface area contributed by atoms with E-state index < -0.39 is 9.84 Å². The van der Waals surface area contributed by atoms with Gasteiger partial charge in [0.1, 0.15) is 0 Å². The molecule has 1 aliphatic heterocycles. The van der Waals surface area contributed by atoms with Crippen molar-refractivity contribution in [1.29, 1.82) is 0 Å². The maximum absolute atomic E-state index is 11.3. The van der Waals surface area contributed by atoms with Crippen molar-refractivity contribution in [2.75, 3.05) is 5.75 Å². The third kappa shape index (κ3) is 2.68. The second-order valence-corrected chi connectivity index (χ2v) is 7.02. The van der Waals surface area contributed by atoms with Gasteiger partial charge in [-0.05, 0) is 17.7 Å². The van der Waals surface area contributed by atoms with Crippen LogP contribution in [-0.4, -0.2) is 25.2 Å². The minimum atomic E-state index is -3.00. The molecule has 100 valence electrons. The molecule has 3 rings (SSSR count). The first-order valence-electron chi connectivity index (χ1n) is 5.93. The molecule has 1 aromatic carbocycles. The van der Waals surface area contributed by atoms with Crippen molar-refractivity contribution in [3.63, 3.8) is 0 Å². The molecule has 1 unspecified atom stereocenters. The van der Waals surface area contributed by atoms with Crippen LogP contribution in [0.25, 0.3) is 10.9 Å². The summed E-state index contributed by atoms with van der Waals surface area (Å²) in [5, 5.41) is 6.30. The Bertz CT molecular complexity index is 749. The van der Waals surface area contributed by atoms with Gasteiger partial charge in [0.05, 0.1) is 5.75 Å². The number of hydrogen-bond donors (Lipinski definition) is 2. The van der Waals surface area contributed by atoms with E-state index in [0.717, 1.165) is 16.5 Å². The molecule has 2 heterocycles. The maximum Gasteiger partial charge on any atom is 0.173 e. The third-order valence-corrected chi connectivity index (χ3v) is 4.84. The molecule has 0 saturated carbocycles. The first kappa shape index (κ1) is 12.7. The van der Waals surface area contributed by atoms with E-state index >= 15 is 0 Å². The predicted molar refractivity (Wildman–Crippen MR) is 76.9 cm³/mol. The Kier molecular flexibility index (Phi) is 3.12. The van der Waals surface area contributed by atoms with Crippen LogP contribution in [0.2, 0.25) is 5.02 Å². The van der Waals surface area contributed by atoms with Crippen molar-refractivity contribution in [1.82, 2.24) is 10.3 Å². The summed E-state index contributed by atoms with van der Waals surface area (Å²) in [5.74, 6) is 0.140. The van der Waals surface area contributed by atoms with Gasteiger partial charge in [-0.2, -0.15) is 0 Å². The number of sulfone groups is 1. The first-order chi connectivity index (χ1) is 9.03. The minimum absolute atomic E-state index is 0.109. The summed E-state index contributed by atoms with van der Waals surface area (Å²) in [4.78, 5) is 3.16. The average Bonchev–Trinajstić information content (AvgIpc) is 2.89. The maximum atomic E-state index is 11.3. The number of H-pyrrole nitrogens is 1.